The molecule has 0 radical (unpaired) electrons. The monoisotopic (exact) mass is 1650 g/mol. The molecule has 0 unspecified atom stereocenters. The van der Waals surface area contributed by atoms with Crippen LogP contribution in [0.3, 0.4) is 0 Å². The van der Waals surface area contributed by atoms with Crippen molar-refractivity contribution in [1.82, 2.24) is 40.1 Å². The van der Waals surface area contributed by atoms with Crippen molar-refractivity contribution >= 4 is 87.6 Å². The zero-order valence-corrected chi connectivity index (χ0v) is 66.3. The van der Waals surface area contributed by atoms with Crippen molar-refractivity contribution in [3.63, 3.8) is 0 Å². The van der Waals surface area contributed by atoms with Crippen LogP contribution in [0.5, 0.6) is 0 Å². The Labute approximate surface area is 673 Å². The van der Waals surface area contributed by atoms with Crippen molar-refractivity contribution in [2.24, 2.45) is 34.6 Å². The van der Waals surface area contributed by atoms with E-state index in [2.05, 4.69) is 40.1 Å². The highest BCUT2D eigenvalue weighted by atomic mass is 32.2. The molecule has 0 bridgehead atoms. The van der Waals surface area contributed by atoms with E-state index in [-0.39, 0.29) is 130 Å². The van der Waals surface area contributed by atoms with Gasteiger partial charge in [-0.2, -0.15) is 0 Å². The maximum atomic E-state index is 13.2. The maximum absolute atomic E-state index is 13.2. The number of nitrogens with one attached hydrogen (secondary N) is 7. The molecule has 3 amide bonds. The number of halogens is 3. The van der Waals surface area contributed by atoms with Crippen LogP contribution in [0.1, 0.15) is 203 Å². The SMILES string of the molecule is C.C.C[C@@H](NC(=O)C1CCC(NS(=O)(=O)c2ccc(N)c(N)c2)CC1)c1ccc(F)cc1.C[C@@H](NC(=O)C1CCC(NS(=O)(=O)c2ccc3c(c2)CC(C2CCOCC2)=N3)CC1)c1ccc(F)cc1.C[C@@H](NC(=O)C1CCC(NS(=O)(=O)c2ccc3nc(C4CCOCC4)[nH]c3c2)CC1)c1ccc(F)cc1.O=C(O)C1CCOCC1. The van der Waals surface area contributed by atoms with Crippen LogP contribution in [-0.4, -0.2) is 127 Å². The van der Waals surface area contributed by atoms with E-state index in [1.807, 2.05) is 20.8 Å². The highest BCUT2D eigenvalue weighted by molar-refractivity contribution is 7.90. The number of ether oxygens (including phenoxy) is 3. The third-order valence-corrected chi connectivity index (χ3v) is 27.0. The summed E-state index contributed by atoms with van der Waals surface area (Å²) in [4.78, 5) is 61.7. The van der Waals surface area contributed by atoms with Gasteiger partial charge in [-0.15, -0.1) is 0 Å². The molecule has 7 aliphatic rings. The fourth-order valence-electron chi connectivity index (χ4n) is 15.4. The summed E-state index contributed by atoms with van der Waals surface area (Å²) in [5.74, 6) is -0.875. The first-order valence-electron chi connectivity index (χ1n) is 39.1. The Morgan fingerprint density at radius 2 is 0.800 bits per heavy atom. The minimum absolute atomic E-state index is 0. The maximum Gasteiger partial charge on any atom is 0.306 e. The zero-order valence-electron chi connectivity index (χ0n) is 63.9. The molecule has 4 aliphatic heterocycles. The summed E-state index contributed by atoms with van der Waals surface area (Å²) in [5, 5.41) is 17.5. The normalized spacial score (nSPS) is 21.6. The number of aromatic amines is 1. The van der Waals surface area contributed by atoms with Crippen LogP contribution in [0.2, 0.25) is 0 Å². The Morgan fingerprint density at radius 3 is 1.18 bits per heavy atom. The third-order valence-electron chi connectivity index (χ3n) is 22.5. The quantitative estimate of drug-likeness (QED) is 0.0299. The molecule has 12 N–H and O–H groups in total. The summed E-state index contributed by atoms with van der Waals surface area (Å²) in [5.41, 5.74) is 18.8. The second-order valence-electron chi connectivity index (χ2n) is 30.5. The summed E-state index contributed by atoms with van der Waals surface area (Å²) in [6.45, 7) is 9.73. The van der Waals surface area contributed by atoms with Crippen LogP contribution in [0.25, 0.3) is 11.0 Å². The predicted molar refractivity (Wildman–Crippen MR) is 437 cm³/mol. The van der Waals surface area contributed by atoms with Crippen LogP contribution >= 0.6 is 0 Å². The minimum atomic E-state index is -3.71. The van der Waals surface area contributed by atoms with Crippen LogP contribution in [-0.2, 0) is 69.9 Å². The molecule has 7 aromatic rings. The number of anilines is 2. The van der Waals surface area contributed by atoms with Crippen molar-refractivity contribution in [2.75, 3.05) is 51.1 Å². The number of nitrogens with two attached hydrogens (primary N) is 2. The van der Waals surface area contributed by atoms with Crippen molar-refractivity contribution < 1.29 is 76.9 Å². The number of imidazole rings is 1. The largest absolute Gasteiger partial charge is 0.481 e. The summed E-state index contributed by atoms with van der Waals surface area (Å²) < 4.78 is 141. The van der Waals surface area contributed by atoms with E-state index >= 15 is 0 Å². The first-order valence-corrected chi connectivity index (χ1v) is 43.5. The van der Waals surface area contributed by atoms with Gasteiger partial charge in [0.25, 0.3) is 0 Å². The standard InChI is InChI=1S/C28H34FN3O4S.C27H33FN4O4S.C21H27FN4O3S.C6H10O3.2CH4/c1-18(19-2-6-23(29)7-3-19)30-28(33)21-4-8-24(9-5-21)32-37(34,35)25-10-11-26-22(16-25)17-27(31-26)20-12-14-36-15-13-20;1-17(18-2-6-21(28)7-3-18)29-27(33)20-4-8-22(9-5-20)32-37(34,35)23-10-11-24-25(16-23)31-26(30-24)19-12-14-36-15-13-19;1-13(14-2-6-16(22)7-3-14)25-21(27)15-4-8-17(9-5-15)26-30(28,29)18-10-11-19(23)20(24)12-18;7-6(8)5-1-3-9-4-2-5;;/h2-3,6-7,10-11,16,18,20-21,24,32H,4-5,8-9,12-15,17H2,1H3,(H,30,33);2-3,6-7,10-11,16-17,19-20,22,32H,4-5,8-9,12-15H2,1H3,(H,29,33)(H,30,31);2-3,6-7,10-13,15,17,26H,4-5,8-9,23-24H2,1H3,(H,25,27);5H,1-4H2,(H,7,8);2*1H4/t18-,21?,24?;17-,20?,22?;13-,15?,17?;;;/m111.../s1. The van der Waals surface area contributed by atoms with Crippen molar-refractivity contribution in [2.45, 2.75) is 214 Å². The Kier molecular flexibility index (Phi) is 32.5. The number of nitrogens with zero attached hydrogens (tertiary/aromatic N) is 2. The molecule has 14 rings (SSSR count). The number of carboxylic acids is 1. The Morgan fingerprint density at radius 1 is 0.443 bits per heavy atom. The highest BCUT2D eigenvalue weighted by Crippen LogP contribution is 2.36. The zero-order chi connectivity index (χ0) is 80.6. The molecule has 3 saturated carbocycles. The number of hydrogen-bond acceptors (Lipinski definition) is 17. The molecule has 115 heavy (non-hydrogen) atoms. The summed E-state index contributed by atoms with van der Waals surface area (Å²) in [6.07, 6.45) is 12.9. The summed E-state index contributed by atoms with van der Waals surface area (Å²) in [7, 11) is -11.1. The second kappa shape index (κ2) is 41.4. The van der Waals surface area contributed by atoms with Crippen LogP contribution in [0.15, 0.2) is 147 Å². The number of hydrogen-bond donors (Lipinski definition) is 10. The van der Waals surface area contributed by atoms with Gasteiger partial charge in [0, 0.05) is 99.5 Å². The smallest absolute Gasteiger partial charge is 0.306 e. The molecule has 3 aliphatic carbocycles. The van der Waals surface area contributed by atoms with E-state index in [9.17, 15) is 57.6 Å². The number of rotatable bonds is 21. The van der Waals surface area contributed by atoms with Gasteiger partial charge in [0.15, 0.2) is 0 Å². The number of aliphatic carboxylic acids is 1. The van der Waals surface area contributed by atoms with Crippen LogP contribution in [0, 0.1) is 47.0 Å². The Balaban J connectivity index is 0.000000186. The number of nitrogen functional groups attached to an aromatic ring is 2. The van der Waals surface area contributed by atoms with E-state index in [0.29, 0.717) is 146 Å². The molecule has 1 aromatic heterocycles. The number of carboxylic acid groups (broad SMARTS) is 1. The van der Waals surface area contributed by atoms with Gasteiger partial charge in [-0.3, -0.25) is 24.2 Å². The number of carbonyl (C=O) groups excluding carboxylic acids is 3. The average Bonchev–Trinajstić information content (AvgIpc) is 1.56. The lowest BCUT2D eigenvalue weighted by atomic mass is 9.85. The number of aromatic nitrogens is 2. The van der Waals surface area contributed by atoms with E-state index in [1.165, 1.54) is 54.6 Å². The van der Waals surface area contributed by atoms with Crippen molar-refractivity contribution in [3.05, 3.63) is 173 Å². The van der Waals surface area contributed by atoms with Crippen molar-refractivity contribution in [3.8, 4) is 0 Å². The minimum Gasteiger partial charge on any atom is -0.481 e. The van der Waals surface area contributed by atoms with Gasteiger partial charge in [-0.25, -0.2) is 57.6 Å². The molecular formula is C84H112F3N11O14S3. The molecule has 0 spiro atoms. The fourth-order valence-corrected chi connectivity index (χ4v) is 19.4. The van der Waals surface area contributed by atoms with E-state index in [0.717, 1.165) is 83.9 Å². The van der Waals surface area contributed by atoms with Crippen molar-refractivity contribution in [1.29, 1.82) is 0 Å². The molecule has 5 heterocycles. The molecule has 6 aromatic carbocycles. The number of aliphatic imine (C=N–C) groups is 1. The molecule has 3 saturated heterocycles. The van der Waals surface area contributed by atoms with E-state index < -0.39 is 36.0 Å². The number of benzene rings is 6. The molecule has 25 nitrogen and oxygen atoms in total. The molecule has 6 fully saturated rings. The lowest BCUT2D eigenvalue weighted by Crippen LogP contribution is -2.41. The lowest BCUT2D eigenvalue weighted by molar-refractivity contribution is -0.144. The summed E-state index contributed by atoms with van der Waals surface area (Å²) >= 11 is 0. The Bertz CT molecular complexity index is 4790. The first kappa shape index (κ1) is 90.3. The summed E-state index contributed by atoms with van der Waals surface area (Å²) in [6, 6.07) is 31.3. The third kappa shape index (κ3) is 25.2. The van der Waals surface area contributed by atoms with E-state index in [4.69, 9.17) is 35.8 Å². The second-order valence-corrected chi connectivity index (χ2v) is 35.7. The number of amides is 3. The topological polar surface area (TPSA) is 384 Å². The van der Waals surface area contributed by atoms with Gasteiger partial charge in [0.05, 0.1) is 66.8 Å². The van der Waals surface area contributed by atoms with Crippen LogP contribution < -0.4 is 41.6 Å². The Hall–Kier alpha value is -8.66. The van der Waals surface area contributed by atoms with Gasteiger partial charge in [-0.05, 0) is 250 Å². The average molecular weight is 1650 g/mol. The predicted octanol–water partition coefficient (Wildman–Crippen LogP) is 13.4. The number of sulfonamides is 3. The fraction of sp³-hybridized carbons (Fsp3) is 0.500. The van der Waals surface area contributed by atoms with Gasteiger partial charge in [0.1, 0.15) is 23.3 Å². The molecule has 626 valence electrons. The van der Waals surface area contributed by atoms with E-state index in [1.54, 1.807) is 72.8 Å². The number of carbonyl (C=O) groups is 4. The molecule has 31 heteroatoms. The number of H-pyrrole nitrogens is 1. The highest BCUT2D eigenvalue weighted by Gasteiger charge is 2.35. The van der Waals surface area contributed by atoms with Crippen LogP contribution in [0.4, 0.5) is 30.2 Å². The molecular weight excluding hydrogens is 1540 g/mol. The van der Waals surface area contributed by atoms with Gasteiger partial charge >= 0.3 is 5.97 Å². The van der Waals surface area contributed by atoms with Gasteiger partial charge in [-0.1, -0.05) is 51.3 Å². The lowest BCUT2D eigenvalue weighted by Gasteiger charge is -2.29. The van der Waals surface area contributed by atoms with Gasteiger partial charge < -0.3 is 51.7 Å². The number of fused-ring (bicyclic) bond motifs is 2. The first-order chi connectivity index (χ1) is 54.0. The molecule has 3 atom stereocenters. The van der Waals surface area contributed by atoms with Gasteiger partial charge in [0.2, 0.25) is 47.8 Å².